The summed E-state index contributed by atoms with van der Waals surface area (Å²) in [6, 6.07) is 8.66. The van der Waals surface area contributed by atoms with Crippen molar-refractivity contribution in [2.24, 2.45) is 0 Å². The molecule has 0 spiro atoms. The predicted octanol–water partition coefficient (Wildman–Crippen LogP) is 3.66. The minimum atomic E-state index is -0.545. The molecule has 2 amide bonds. The first-order valence-electron chi connectivity index (χ1n) is 12.6. The van der Waals surface area contributed by atoms with Crippen molar-refractivity contribution < 1.29 is 14.3 Å². The zero-order valence-electron chi connectivity index (χ0n) is 21.0. The van der Waals surface area contributed by atoms with Crippen LogP contribution in [0.25, 0.3) is 10.2 Å². The second-order valence-electron chi connectivity index (χ2n) is 9.05. The van der Waals surface area contributed by atoms with E-state index in [9.17, 15) is 19.2 Å². The molecule has 2 heterocycles. The maximum absolute atomic E-state index is 13.2. The fourth-order valence-electron chi connectivity index (χ4n) is 4.47. The quantitative estimate of drug-likeness (QED) is 0.372. The zero-order chi connectivity index (χ0) is 26.2. The molecule has 0 fully saturated rings. The highest BCUT2D eigenvalue weighted by Crippen LogP contribution is 2.19. The molecule has 37 heavy (non-hydrogen) atoms. The molecule has 0 atom stereocenters. The second-order valence-corrected chi connectivity index (χ2v) is 9.96. The molecule has 0 aliphatic heterocycles. The van der Waals surface area contributed by atoms with E-state index in [2.05, 4.69) is 16.7 Å². The van der Waals surface area contributed by atoms with Crippen molar-refractivity contribution in [3.05, 3.63) is 68.2 Å². The van der Waals surface area contributed by atoms with Gasteiger partial charge in [-0.15, -0.1) is 11.3 Å². The fraction of sp³-hybridized carbons (Fsp3) is 0.407. The maximum Gasteiger partial charge on any atom is 0.332 e. The molecule has 4 rings (SSSR count). The Hall–Kier alpha value is -3.66. The first-order chi connectivity index (χ1) is 18.0. The number of nitrogens with zero attached hydrogens (tertiary/aromatic N) is 2. The van der Waals surface area contributed by atoms with Crippen LogP contribution in [0, 0.1) is 0 Å². The molecule has 0 saturated heterocycles. The third kappa shape index (κ3) is 6.76. The van der Waals surface area contributed by atoms with E-state index in [-0.39, 0.29) is 31.3 Å². The number of methoxy groups -OCH3 is 1. The highest BCUT2D eigenvalue weighted by Gasteiger charge is 2.17. The number of benzene rings is 1. The van der Waals surface area contributed by atoms with E-state index in [1.807, 2.05) is 0 Å². The fourth-order valence-corrected chi connectivity index (χ4v) is 5.32. The van der Waals surface area contributed by atoms with Crippen LogP contribution in [0.5, 0.6) is 5.75 Å². The summed E-state index contributed by atoms with van der Waals surface area (Å²) in [5.41, 5.74) is 1.52. The normalized spacial score (nSPS) is 13.3. The number of carbonyl (C=O) groups excluding carboxylic acids is 2. The van der Waals surface area contributed by atoms with Gasteiger partial charge in [-0.2, -0.15) is 0 Å². The van der Waals surface area contributed by atoms with Crippen LogP contribution in [0.1, 0.15) is 44.9 Å². The minimum Gasteiger partial charge on any atom is -0.497 e. The van der Waals surface area contributed by atoms with Crippen LogP contribution in [-0.4, -0.2) is 34.6 Å². The van der Waals surface area contributed by atoms with Gasteiger partial charge in [-0.05, 0) is 74.2 Å². The van der Waals surface area contributed by atoms with E-state index in [4.69, 9.17) is 4.74 Å². The number of allylic oxidation sites excluding steroid dienone is 1. The van der Waals surface area contributed by atoms with Crippen molar-refractivity contribution in [3.63, 3.8) is 0 Å². The molecule has 3 aromatic rings. The van der Waals surface area contributed by atoms with E-state index >= 15 is 0 Å². The molecule has 0 bridgehead atoms. The molecule has 0 saturated carbocycles. The molecular formula is C27H32N4O5S. The van der Waals surface area contributed by atoms with Crippen molar-refractivity contribution >= 4 is 39.1 Å². The van der Waals surface area contributed by atoms with E-state index < -0.39 is 11.2 Å². The highest BCUT2D eigenvalue weighted by molar-refractivity contribution is 7.17. The van der Waals surface area contributed by atoms with Crippen LogP contribution in [0.3, 0.4) is 0 Å². The van der Waals surface area contributed by atoms with Gasteiger partial charge in [0.05, 0.1) is 12.6 Å². The Bertz CT molecular complexity index is 1400. The van der Waals surface area contributed by atoms with Crippen LogP contribution in [0.4, 0.5) is 5.69 Å². The number of hydrogen-bond donors (Lipinski definition) is 2. The number of anilines is 1. The first-order valence-corrected chi connectivity index (χ1v) is 13.4. The highest BCUT2D eigenvalue weighted by atomic mass is 32.1. The lowest BCUT2D eigenvalue weighted by Gasteiger charge is -2.14. The molecule has 1 aliphatic rings. The zero-order valence-corrected chi connectivity index (χ0v) is 21.8. The van der Waals surface area contributed by atoms with Gasteiger partial charge < -0.3 is 15.4 Å². The molecular weight excluding hydrogens is 492 g/mol. The predicted molar refractivity (Wildman–Crippen MR) is 145 cm³/mol. The van der Waals surface area contributed by atoms with Crippen molar-refractivity contribution in [1.82, 2.24) is 14.5 Å². The molecule has 2 N–H and O–H groups in total. The molecule has 10 heteroatoms. The first kappa shape index (κ1) is 26.4. The number of thiophene rings is 1. The Kier molecular flexibility index (Phi) is 8.95. The van der Waals surface area contributed by atoms with Gasteiger partial charge in [0.25, 0.3) is 5.56 Å². The van der Waals surface area contributed by atoms with E-state index in [0.717, 1.165) is 23.8 Å². The molecule has 196 valence electrons. The number of carbonyl (C=O) groups is 2. The molecule has 0 radical (unpaired) electrons. The topological polar surface area (TPSA) is 111 Å². The molecule has 2 aromatic heterocycles. The van der Waals surface area contributed by atoms with Gasteiger partial charge in [0.2, 0.25) is 11.8 Å². The molecule has 0 unspecified atom stereocenters. The Morgan fingerprint density at radius 2 is 1.86 bits per heavy atom. The third-order valence-corrected chi connectivity index (χ3v) is 7.34. The van der Waals surface area contributed by atoms with Gasteiger partial charge in [0.1, 0.15) is 17.0 Å². The number of hydrogen-bond acceptors (Lipinski definition) is 6. The Morgan fingerprint density at radius 3 is 2.59 bits per heavy atom. The summed E-state index contributed by atoms with van der Waals surface area (Å²) in [4.78, 5) is 51.2. The van der Waals surface area contributed by atoms with Crippen molar-refractivity contribution in [1.29, 1.82) is 0 Å². The average molecular weight is 525 g/mol. The lowest BCUT2D eigenvalue weighted by atomic mass is 9.97. The summed E-state index contributed by atoms with van der Waals surface area (Å²) in [6.45, 7) is 0.440. The van der Waals surface area contributed by atoms with Crippen LogP contribution in [-0.2, 0) is 22.7 Å². The Morgan fingerprint density at radius 1 is 1.05 bits per heavy atom. The summed E-state index contributed by atoms with van der Waals surface area (Å²) in [5, 5.41) is 7.43. The number of ether oxygens (including phenoxy) is 1. The van der Waals surface area contributed by atoms with Crippen LogP contribution in [0.2, 0.25) is 0 Å². The SMILES string of the molecule is COc1ccc(NC(=O)CCCn2c(=O)c3sccc3n(CC(=O)NCCC3=CCCCC3)c2=O)cc1. The molecule has 9 nitrogen and oxygen atoms in total. The standard InChI is InChI=1S/C27H32N4O5S/c1-36-21-11-9-20(10-12-21)29-23(32)8-5-16-30-26(34)25-22(14-17-37-25)31(27(30)35)18-24(33)28-15-13-19-6-3-2-4-7-19/h6,9-12,14,17H,2-5,7-8,13,15-16,18H2,1H3,(H,28,33)(H,29,32). The summed E-state index contributed by atoms with van der Waals surface area (Å²) in [6.07, 6.45) is 8.09. The Labute approximate surface area is 218 Å². The average Bonchev–Trinajstić information content (AvgIpc) is 3.40. The summed E-state index contributed by atoms with van der Waals surface area (Å²) < 4.78 is 8.00. The van der Waals surface area contributed by atoms with Gasteiger partial charge >= 0.3 is 5.69 Å². The lowest BCUT2D eigenvalue weighted by molar-refractivity contribution is -0.121. The number of amides is 2. The summed E-state index contributed by atoms with van der Waals surface area (Å²) in [5.74, 6) is 0.200. The van der Waals surface area contributed by atoms with Crippen LogP contribution in [0.15, 0.2) is 57.0 Å². The largest absolute Gasteiger partial charge is 0.497 e. The minimum absolute atomic E-state index is 0.0807. The van der Waals surface area contributed by atoms with Crippen LogP contribution >= 0.6 is 11.3 Å². The van der Waals surface area contributed by atoms with Gasteiger partial charge in [-0.3, -0.25) is 23.5 Å². The van der Waals surface area contributed by atoms with Gasteiger partial charge in [0, 0.05) is 25.2 Å². The van der Waals surface area contributed by atoms with Crippen molar-refractivity contribution in [2.75, 3.05) is 19.0 Å². The number of aromatic nitrogens is 2. The lowest BCUT2D eigenvalue weighted by Crippen LogP contribution is -2.42. The maximum atomic E-state index is 13.2. The molecule has 1 aromatic carbocycles. The third-order valence-electron chi connectivity index (χ3n) is 6.45. The van der Waals surface area contributed by atoms with Crippen molar-refractivity contribution in [2.45, 2.75) is 58.0 Å². The monoisotopic (exact) mass is 524 g/mol. The Balaban J connectivity index is 1.38. The second kappa shape index (κ2) is 12.5. The number of rotatable bonds is 11. The molecule has 1 aliphatic carbocycles. The number of fused-ring (bicyclic) bond motifs is 1. The van der Waals surface area contributed by atoms with E-state index in [1.54, 1.807) is 42.8 Å². The van der Waals surface area contributed by atoms with E-state index in [1.165, 1.54) is 34.3 Å². The van der Waals surface area contributed by atoms with Gasteiger partial charge in [0.15, 0.2) is 0 Å². The van der Waals surface area contributed by atoms with Crippen molar-refractivity contribution in [3.8, 4) is 5.75 Å². The smallest absolute Gasteiger partial charge is 0.332 e. The summed E-state index contributed by atoms with van der Waals surface area (Å²) >= 11 is 1.24. The van der Waals surface area contributed by atoms with Gasteiger partial charge in [-0.1, -0.05) is 11.6 Å². The number of nitrogens with one attached hydrogen (secondary N) is 2. The van der Waals surface area contributed by atoms with Gasteiger partial charge in [-0.25, -0.2) is 4.79 Å². The van der Waals surface area contributed by atoms with E-state index in [0.29, 0.717) is 34.6 Å². The van der Waals surface area contributed by atoms with Crippen LogP contribution < -0.4 is 26.6 Å². The summed E-state index contributed by atoms with van der Waals surface area (Å²) in [7, 11) is 1.57.